The van der Waals surface area contributed by atoms with Crippen LogP contribution in [0.4, 0.5) is 0 Å². The fourth-order valence-corrected chi connectivity index (χ4v) is 3.92. The van der Waals surface area contributed by atoms with E-state index in [1.54, 1.807) is 24.3 Å². The number of unbranched alkanes of at least 4 members (excludes halogenated alkanes) is 1. The number of Topliss-reactive ketones (excluding diaryl/α,β-unsaturated/α-hetero) is 1. The van der Waals surface area contributed by atoms with Crippen LogP contribution in [0.1, 0.15) is 64.7 Å². The predicted octanol–water partition coefficient (Wildman–Crippen LogP) is 3.62. The Morgan fingerprint density at radius 1 is 1.18 bits per heavy atom. The number of esters is 1. The third-order valence-electron chi connectivity index (χ3n) is 5.92. The summed E-state index contributed by atoms with van der Waals surface area (Å²) in [5, 5.41) is 2.52. The van der Waals surface area contributed by atoms with Crippen molar-refractivity contribution in [2.45, 2.75) is 59.1 Å². The number of rotatable bonds is 12. The van der Waals surface area contributed by atoms with Gasteiger partial charge in [0.15, 0.2) is 6.61 Å². The Morgan fingerprint density at radius 2 is 1.94 bits per heavy atom. The molecule has 1 atom stereocenters. The average Bonchev–Trinajstić information content (AvgIpc) is 3.45. The van der Waals surface area contributed by atoms with E-state index >= 15 is 0 Å². The average molecular weight is 471 g/mol. The van der Waals surface area contributed by atoms with Gasteiger partial charge in [0, 0.05) is 35.7 Å². The molecule has 1 unspecified atom stereocenters. The standard InChI is InChI=1S/C26H34N2O6/c1-4-5-12-32-21-10-8-20(9-11-21)26(31)27-15-25(30)34-17-24(29)23-14-18(2)28(19(23)3)16-22-7-6-13-33-22/h8-11,14,22H,4-7,12-13,15-17H2,1-3H3,(H,27,31). The molecule has 1 aliphatic rings. The topological polar surface area (TPSA) is 95.9 Å². The quantitative estimate of drug-likeness (QED) is 0.289. The first-order valence-electron chi connectivity index (χ1n) is 11.9. The van der Waals surface area contributed by atoms with Crippen molar-refractivity contribution in [2.75, 3.05) is 26.4 Å². The van der Waals surface area contributed by atoms with Gasteiger partial charge in [0.2, 0.25) is 5.78 Å². The normalized spacial score (nSPS) is 15.2. The van der Waals surface area contributed by atoms with Gasteiger partial charge in [0.05, 0.1) is 12.7 Å². The Kier molecular flexibility index (Phi) is 9.27. The lowest BCUT2D eigenvalue weighted by Gasteiger charge is -2.14. The minimum Gasteiger partial charge on any atom is -0.494 e. The number of hydrogen-bond donors (Lipinski definition) is 1. The minimum atomic E-state index is -0.672. The molecule has 8 heteroatoms. The van der Waals surface area contributed by atoms with Crippen LogP contribution < -0.4 is 10.1 Å². The molecule has 34 heavy (non-hydrogen) atoms. The van der Waals surface area contributed by atoms with Gasteiger partial charge in [-0.2, -0.15) is 0 Å². The van der Waals surface area contributed by atoms with E-state index in [-0.39, 0.29) is 25.0 Å². The number of nitrogens with one attached hydrogen (secondary N) is 1. The molecule has 1 saturated heterocycles. The van der Waals surface area contributed by atoms with Crippen LogP contribution in [-0.2, 0) is 20.8 Å². The summed E-state index contributed by atoms with van der Waals surface area (Å²) in [5.41, 5.74) is 2.75. The molecule has 3 rings (SSSR count). The van der Waals surface area contributed by atoms with Crippen molar-refractivity contribution in [2.24, 2.45) is 0 Å². The molecule has 2 heterocycles. The van der Waals surface area contributed by atoms with E-state index < -0.39 is 11.9 Å². The number of hydrogen-bond acceptors (Lipinski definition) is 6. The fraction of sp³-hybridized carbons (Fsp3) is 0.500. The summed E-state index contributed by atoms with van der Waals surface area (Å²) in [6.45, 7) is 7.35. The maximum absolute atomic E-state index is 12.6. The molecule has 0 aliphatic carbocycles. The Balaban J connectivity index is 1.44. The molecule has 184 valence electrons. The SMILES string of the molecule is CCCCOc1ccc(C(=O)NCC(=O)OCC(=O)c2cc(C)n(CC3CCCO3)c2C)cc1. The van der Waals surface area contributed by atoms with Crippen LogP contribution in [-0.4, -0.2) is 54.7 Å². The largest absolute Gasteiger partial charge is 0.494 e. The second kappa shape index (κ2) is 12.4. The molecule has 1 aromatic carbocycles. The number of ketones is 1. The zero-order chi connectivity index (χ0) is 24.5. The third kappa shape index (κ3) is 6.93. The first kappa shape index (κ1) is 25.5. The number of benzene rings is 1. The van der Waals surface area contributed by atoms with E-state index in [9.17, 15) is 14.4 Å². The summed E-state index contributed by atoms with van der Waals surface area (Å²) in [6, 6.07) is 8.53. The molecule has 0 radical (unpaired) electrons. The van der Waals surface area contributed by atoms with E-state index in [0.29, 0.717) is 30.0 Å². The van der Waals surface area contributed by atoms with E-state index in [2.05, 4.69) is 16.8 Å². The van der Waals surface area contributed by atoms with Gasteiger partial charge < -0.3 is 24.1 Å². The lowest BCUT2D eigenvalue weighted by molar-refractivity contribution is -0.141. The first-order valence-corrected chi connectivity index (χ1v) is 11.9. The molecule has 1 aromatic heterocycles. The smallest absolute Gasteiger partial charge is 0.325 e. The predicted molar refractivity (Wildman–Crippen MR) is 127 cm³/mol. The molecular formula is C26H34N2O6. The van der Waals surface area contributed by atoms with Crippen molar-refractivity contribution in [3.05, 3.63) is 52.8 Å². The summed E-state index contributed by atoms with van der Waals surface area (Å²) >= 11 is 0. The number of carbonyl (C=O) groups excluding carboxylic acids is 3. The minimum absolute atomic E-state index is 0.166. The number of aromatic nitrogens is 1. The number of amides is 1. The zero-order valence-corrected chi connectivity index (χ0v) is 20.2. The van der Waals surface area contributed by atoms with Crippen LogP contribution in [0, 0.1) is 13.8 Å². The number of carbonyl (C=O) groups is 3. The fourth-order valence-electron chi connectivity index (χ4n) is 3.92. The highest BCUT2D eigenvalue weighted by atomic mass is 16.5. The summed E-state index contributed by atoms with van der Waals surface area (Å²) in [7, 11) is 0. The van der Waals surface area contributed by atoms with Crippen LogP contribution in [0.3, 0.4) is 0 Å². The number of aryl methyl sites for hydroxylation is 1. The van der Waals surface area contributed by atoms with Crippen molar-refractivity contribution in [3.63, 3.8) is 0 Å². The first-order chi connectivity index (χ1) is 16.4. The van der Waals surface area contributed by atoms with Crippen molar-refractivity contribution >= 4 is 17.7 Å². The number of nitrogens with zero attached hydrogens (tertiary/aromatic N) is 1. The second-order valence-electron chi connectivity index (χ2n) is 8.52. The highest BCUT2D eigenvalue weighted by molar-refractivity contribution is 6.00. The number of ether oxygens (including phenoxy) is 3. The maximum atomic E-state index is 12.6. The Bertz CT molecular complexity index is 989. The molecule has 2 aromatic rings. The highest BCUT2D eigenvalue weighted by Crippen LogP contribution is 2.21. The maximum Gasteiger partial charge on any atom is 0.325 e. The van der Waals surface area contributed by atoms with Crippen LogP contribution >= 0.6 is 0 Å². The van der Waals surface area contributed by atoms with Gasteiger partial charge in [-0.05, 0) is 63.4 Å². The van der Waals surface area contributed by atoms with Crippen molar-refractivity contribution < 1.29 is 28.6 Å². The van der Waals surface area contributed by atoms with Gasteiger partial charge in [-0.1, -0.05) is 13.3 Å². The monoisotopic (exact) mass is 470 g/mol. The Labute approximate surface area is 200 Å². The van der Waals surface area contributed by atoms with Gasteiger partial charge in [-0.3, -0.25) is 14.4 Å². The lowest BCUT2D eigenvalue weighted by atomic mass is 10.1. The molecule has 0 bridgehead atoms. The molecule has 8 nitrogen and oxygen atoms in total. The van der Waals surface area contributed by atoms with E-state index in [0.717, 1.165) is 43.7 Å². The second-order valence-corrected chi connectivity index (χ2v) is 8.52. The van der Waals surface area contributed by atoms with Crippen LogP contribution in [0.15, 0.2) is 30.3 Å². The van der Waals surface area contributed by atoms with Crippen molar-refractivity contribution in [1.29, 1.82) is 0 Å². The summed E-state index contributed by atoms with van der Waals surface area (Å²) < 4.78 is 18.5. The zero-order valence-electron chi connectivity index (χ0n) is 20.2. The highest BCUT2D eigenvalue weighted by Gasteiger charge is 2.21. The van der Waals surface area contributed by atoms with Gasteiger partial charge in [0.1, 0.15) is 12.3 Å². The molecule has 1 amide bonds. The van der Waals surface area contributed by atoms with E-state index in [1.807, 2.05) is 19.9 Å². The van der Waals surface area contributed by atoms with E-state index in [4.69, 9.17) is 14.2 Å². The van der Waals surface area contributed by atoms with Gasteiger partial charge in [-0.15, -0.1) is 0 Å². The molecular weight excluding hydrogens is 436 g/mol. The molecule has 1 N–H and O–H groups in total. The van der Waals surface area contributed by atoms with Crippen LogP contribution in [0.5, 0.6) is 5.75 Å². The lowest BCUT2D eigenvalue weighted by Crippen LogP contribution is -2.31. The van der Waals surface area contributed by atoms with Crippen molar-refractivity contribution in [3.8, 4) is 5.75 Å². The van der Waals surface area contributed by atoms with Gasteiger partial charge in [0.25, 0.3) is 5.91 Å². The van der Waals surface area contributed by atoms with Crippen LogP contribution in [0.25, 0.3) is 0 Å². The Hall–Kier alpha value is -3.13. The molecule has 1 fully saturated rings. The van der Waals surface area contributed by atoms with Crippen LogP contribution in [0.2, 0.25) is 0 Å². The molecule has 0 spiro atoms. The molecule has 0 saturated carbocycles. The van der Waals surface area contributed by atoms with Gasteiger partial charge >= 0.3 is 5.97 Å². The van der Waals surface area contributed by atoms with Gasteiger partial charge in [-0.25, -0.2) is 0 Å². The summed E-state index contributed by atoms with van der Waals surface area (Å²) in [5.74, 6) is -0.654. The molecule has 1 aliphatic heterocycles. The summed E-state index contributed by atoms with van der Waals surface area (Å²) in [4.78, 5) is 37.0. The summed E-state index contributed by atoms with van der Waals surface area (Å²) in [6.07, 6.45) is 4.25. The van der Waals surface area contributed by atoms with E-state index in [1.165, 1.54) is 0 Å². The third-order valence-corrected chi connectivity index (χ3v) is 5.92. The Morgan fingerprint density at radius 3 is 2.62 bits per heavy atom. The van der Waals surface area contributed by atoms with Crippen molar-refractivity contribution in [1.82, 2.24) is 9.88 Å².